The molecular weight excluding hydrogens is 454 g/mol. The van der Waals surface area contributed by atoms with Crippen LogP contribution >= 0.6 is 0 Å². The summed E-state index contributed by atoms with van der Waals surface area (Å²) in [6.07, 6.45) is 0. The maximum atomic E-state index is 11.8. The smallest absolute Gasteiger partial charge is 0.335 e. The van der Waals surface area contributed by atoms with Gasteiger partial charge in [0, 0.05) is 11.1 Å². The van der Waals surface area contributed by atoms with E-state index in [-0.39, 0.29) is 27.7 Å². The van der Waals surface area contributed by atoms with E-state index in [1.807, 2.05) is 0 Å². The van der Waals surface area contributed by atoms with E-state index in [1.165, 1.54) is 24.3 Å². The molecule has 12 nitrogen and oxygen atoms in total. The molecule has 0 bridgehead atoms. The van der Waals surface area contributed by atoms with Gasteiger partial charge in [-0.05, 0) is 47.9 Å². The zero-order valence-corrected chi connectivity index (χ0v) is 16.8. The zero-order valence-electron chi connectivity index (χ0n) is 15.2. The van der Waals surface area contributed by atoms with Crippen molar-refractivity contribution in [2.24, 2.45) is 10.2 Å². The Bertz CT molecular complexity index is 1460. The summed E-state index contributed by atoms with van der Waals surface area (Å²) in [4.78, 5) is 9.32. The summed E-state index contributed by atoms with van der Waals surface area (Å²) in [7, 11) is -9.68. The van der Waals surface area contributed by atoms with Crippen LogP contribution in [0.3, 0.4) is 0 Å². The largest absolute Gasteiger partial charge is 0.505 e. The molecule has 3 aromatic carbocycles. The summed E-state index contributed by atoms with van der Waals surface area (Å²) in [5, 5.41) is 26.4. The van der Waals surface area contributed by atoms with Crippen LogP contribution in [0.15, 0.2) is 62.5 Å². The van der Waals surface area contributed by atoms with Gasteiger partial charge < -0.3 is 15.9 Å². The minimum atomic E-state index is -4.98. The van der Waals surface area contributed by atoms with Crippen molar-refractivity contribution in [3.8, 4) is 5.75 Å². The molecule has 0 heterocycles. The van der Waals surface area contributed by atoms with Crippen LogP contribution in [-0.4, -0.2) is 42.1 Å². The van der Waals surface area contributed by atoms with Gasteiger partial charge in [-0.25, -0.2) is 4.79 Å². The van der Waals surface area contributed by atoms with Crippen molar-refractivity contribution in [2.75, 3.05) is 5.73 Å². The number of azo groups is 1. The first kappa shape index (κ1) is 22.1. The molecular formula is C17H13N3O9S2. The van der Waals surface area contributed by atoms with Gasteiger partial charge in [0.2, 0.25) is 0 Å². The second-order valence-electron chi connectivity index (χ2n) is 6.18. The van der Waals surface area contributed by atoms with E-state index >= 15 is 0 Å². The Hall–Kier alpha value is -3.59. The Balaban J connectivity index is 2.26. The lowest BCUT2D eigenvalue weighted by Crippen LogP contribution is -2.02. The number of hydrogen-bond acceptors (Lipinski definition) is 9. The first-order valence-corrected chi connectivity index (χ1v) is 11.0. The Morgan fingerprint density at radius 3 is 2.03 bits per heavy atom. The van der Waals surface area contributed by atoms with Gasteiger partial charge >= 0.3 is 5.97 Å². The van der Waals surface area contributed by atoms with Crippen LogP contribution < -0.4 is 5.73 Å². The van der Waals surface area contributed by atoms with E-state index in [0.29, 0.717) is 0 Å². The molecule has 6 N–H and O–H groups in total. The molecule has 0 unspecified atom stereocenters. The van der Waals surface area contributed by atoms with Gasteiger partial charge in [-0.1, -0.05) is 0 Å². The van der Waals surface area contributed by atoms with Gasteiger partial charge in [0.15, 0.2) is 5.75 Å². The number of nitrogen functional groups attached to an aromatic ring is 1. The first-order chi connectivity index (χ1) is 14.3. The number of nitrogens with two attached hydrogens (primary N) is 1. The minimum Gasteiger partial charge on any atom is -0.505 e. The average molecular weight is 467 g/mol. The van der Waals surface area contributed by atoms with Crippen molar-refractivity contribution in [1.29, 1.82) is 0 Å². The van der Waals surface area contributed by atoms with Crippen molar-refractivity contribution in [1.82, 2.24) is 0 Å². The van der Waals surface area contributed by atoms with E-state index < -0.39 is 47.4 Å². The molecule has 3 rings (SSSR count). The SMILES string of the molecule is Nc1cc(S(=O)(=O)O)cc2cc(S(=O)(=O)O)c(N=Nc3ccc(C(=O)O)cc3)c(O)c12. The number of phenolic OH excluding ortho intramolecular Hbond substituents is 1. The van der Waals surface area contributed by atoms with Gasteiger partial charge in [0.05, 0.1) is 16.1 Å². The van der Waals surface area contributed by atoms with E-state index in [0.717, 1.165) is 18.2 Å². The number of aromatic carboxylic acids is 1. The number of fused-ring (bicyclic) bond motifs is 1. The fraction of sp³-hybridized carbons (Fsp3) is 0. The van der Waals surface area contributed by atoms with Crippen molar-refractivity contribution in [3.05, 3.63) is 48.0 Å². The molecule has 0 saturated carbocycles. The number of aromatic hydroxyl groups is 1. The van der Waals surface area contributed by atoms with Crippen LogP contribution in [0, 0.1) is 0 Å². The summed E-state index contributed by atoms with van der Waals surface area (Å²) in [5.41, 5.74) is 4.81. The fourth-order valence-electron chi connectivity index (χ4n) is 2.71. The first-order valence-electron chi connectivity index (χ1n) is 8.08. The molecule has 3 aromatic rings. The van der Waals surface area contributed by atoms with Gasteiger partial charge in [-0.2, -0.15) is 21.9 Å². The molecule has 162 valence electrons. The van der Waals surface area contributed by atoms with E-state index in [4.69, 9.17) is 10.8 Å². The number of carboxylic acid groups (broad SMARTS) is 1. The van der Waals surface area contributed by atoms with Crippen molar-refractivity contribution < 1.29 is 40.9 Å². The molecule has 0 aliphatic carbocycles. The number of carbonyl (C=O) groups is 1. The van der Waals surface area contributed by atoms with Gasteiger partial charge in [0.25, 0.3) is 20.2 Å². The van der Waals surface area contributed by atoms with Crippen LogP contribution in [0.2, 0.25) is 0 Å². The molecule has 0 radical (unpaired) electrons. The molecule has 0 aliphatic heterocycles. The molecule has 14 heteroatoms. The number of benzene rings is 3. The molecule has 0 spiro atoms. The van der Waals surface area contributed by atoms with Crippen LogP contribution in [-0.2, 0) is 20.2 Å². The highest BCUT2D eigenvalue weighted by Gasteiger charge is 2.24. The highest BCUT2D eigenvalue weighted by Crippen LogP contribution is 2.44. The number of hydrogen-bond donors (Lipinski definition) is 5. The quantitative estimate of drug-likeness (QED) is 0.210. The number of rotatable bonds is 5. The lowest BCUT2D eigenvalue weighted by molar-refractivity contribution is 0.0697. The van der Waals surface area contributed by atoms with Gasteiger partial charge in [-0.3, -0.25) is 9.11 Å². The van der Waals surface area contributed by atoms with Crippen LogP contribution in [0.4, 0.5) is 17.1 Å². The van der Waals surface area contributed by atoms with Crippen LogP contribution in [0.5, 0.6) is 5.75 Å². The number of carboxylic acids is 1. The number of anilines is 1. The van der Waals surface area contributed by atoms with Crippen molar-refractivity contribution in [2.45, 2.75) is 9.79 Å². The average Bonchev–Trinajstić information content (AvgIpc) is 2.65. The number of nitrogens with zero attached hydrogens (tertiary/aromatic N) is 2. The summed E-state index contributed by atoms with van der Waals surface area (Å²) in [6, 6.07) is 7.47. The summed E-state index contributed by atoms with van der Waals surface area (Å²) < 4.78 is 65.2. The molecule has 0 aliphatic rings. The number of phenols is 1. The maximum Gasteiger partial charge on any atom is 0.335 e. The summed E-state index contributed by atoms with van der Waals surface area (Å²) >= 11 is 0. The van der Waals surface area contributed by atoms with Gasteiger partial charge in [-0.15, -0.1) is 5.11 Å². The second kappa shape index (κ2) is 7.59. The standard InChI is InChI=1S/C17H13N3O9S2/c18-12-7-11(30(24,25)26)5-9-6-13(31(27,28)29)15(16(21)14(9)12)20-19-10-3-1-8(2-4-10)17(22)23/h1-7,21H,18H2,(H,22,23)(H,24,25,26)(H,27,28,29). The molecule has 0 fully saturated rings. The van der Waals surface area contributed by atoms with Crippen LogP contribution in [0.1, 0.15) is 10.4 Å². The Morgan fingerprint density at radius 1 is 0.903 bits per heavy atom. The zero-order chi connectivity index (χ0) is 23.1. The highest BCUT2D eigenvalue weighted by molar-refractivity contribution is 7.86. The third-order valence-corrected chi connectivity index (χ3v) is 5.81. The van der Waals surface area contributed by atoms with Crippen LogP contribution in [0.25, 0.3) is 10.8 Å². The third kappa shape index (κ3) is 4.46. The predicted octanol–water partition coefficient (Wildman–Crippen LogP) is 2.73. The van der Waals surface area contributed by atoms with Gasteiger partial charge in [0.1, 0.15) is 10.6 Å². The fourth-order valence-corrected chi connectivity index (χ4v) is 3.92. The van der Waals surface area contributed by atoms with Crippen molar-refractivity contribution >= 4 is 54.0 Å². The lowest BCUT2D eigenvalue weighted by atomic mass is 10.1. The normalized spacial score (nSPS) is 12.5. The molecule has 0 amide bonds. The van der Waals surface area contributed by atoms with E-state index in [1.54, 1.807) is 0 Å². The monoisotopic (exact) mass is 467 g/mol. The Morgan fingerprint density at radius 2 is 1.52 bits per heavy atom. The minimum absolute atomic E-state index is 0.0338. The molecule has 31 heavy (non-hydrogen) atoms. The lowest BCUT2D eigenvalue weighted by Gasteiger charge is -2.11. The summed E-state index contributed by atoms with van der Waals surface area (Å²) in [6.45, 7) is 0. The third-order valence-electron chi connectivity index (χ3n) is 4.11. The molecule has 0 aromatic heterocycles. The topological polar surface area (TPSA) is 217 Å². The van der Waals surface area contributed by atoms with Crippen molar-refractivity contribution in [3.63, 3.8) is 0 Å². The van der Waals surface area contributed by atoms with E-state index in [9.17, 15) is 35.8 Å². The van der Waals surface area contributed by atoms with E-state index in [2.05, 4.69) is 10.2 Å². The molecule has 0 saturated heterocycles. The Labute approximate surface area is 174 Å². The second-order valence-corrected chi connectivity index (χ2v) is 9.00. The predicted molar refractivity (Wildman–Crippen MR) is 107 cm³/mol. The highest BCUT2D eigenvalue weighted by atomic mass is 32.2. The molecule has 0 atom stereocenters. The summed E-state index contributed by atoms with van der Waals surface area (Å²) in [5.74, 6) is -2.00. The Kier molecular flexibility index (Phi) is 5.41. The maximum absolute atomic E-state index is 11.8.